The number of carbonyl (C=O) groups excluding carboxylic acids is 1. The molecule has 0 spiro atoms. The third-order valence-electron chi connectivity index (χ3n) is 4.85. The fourth-order valence-corrected chi connectivity index (χ4v) is 4.22. The first-order valence-electron chi connectivity index (χ1n) is 9.00. The predicted molar refractivity (Wildman–Crippen MR) is 104 cm³/mol. The third kappa shape index (κ3) is 3.07. The molecular weight excluding hydrogens is 364 g/mol. The monoisotopic (exact) mass is 386 g/mol. The van der Waals surface area contributed by atoms with Crippen molar-refractivity contribution in [1.82, 2.24) is 14.8 Å². The number of rotatable bonds is 5. The molecule has 1 unspecified atom stereocenters. The van der Waals surface area contributed by atoms with Crippen LogP contribution < -0.4 is 14.8 Å². The van der Waals surface area contributed by atoms with Crippen molar-refractivity contribution in [3.8, 4) is 11.5 Å². The van der Waals surface area contributed by atoms with Gasteiger partial charge < -0.3 is 14.8 Å². The number of methoxy groups -OCH3 is 2. The van der Waals surface area contributed by atoms with Gasteiger partial charge >= 0.3 is 0 Å². The molecule has 0 bridgehead atoms. The number of thioether (sulfide) groups is 1. The molecule has 8 heteroatoms. The number of fused-ring (bicyclic) bond motifs is 1. The highest BCUT2D eigenvalue weighted by Gasteiger charge is 2.38. The van der Waals surface area contributed by atoms with Gasteiger partial charge in [0.25, 0.3) is 0 Å². The Morgan fingerprint density at radius 1 is 1.30 bits per heavy atom. The van der Waals surface area contributed by atoms with E-state index < -0.39 is 0 Å². The fourth-order valence-electron chi connectivity index (χ4n) is 3.67. The van der Waals surface area contributed by atoms with Crippen molar-refractivity contribution >= 4 is 23.5 Å². The second kappa shape index (κ2) is 7.26. The highest BCUT2D eigenvalue weighted by atomic mass is 32.2. The Hall–Kier alpha value is -2.48. The van der Waals surface area contributed by atoms with Crippen molar-refractivity contribution in [3.05, 3.63) is 35.0 Å². The number of nitrogens with zero attached hydrogens (tertiary/aromatic N) is 3. The van der Waals surface area contributed by atoms with Crippen molar-refractivity contribution in [2.45, 2.75) is 37.4 Å². The van der Waals surface area contributed by atoms with Crippen molar-refractivity contribution in [1.29, 1.82) is 0 Å². The zero-order chi connectivity index (χ0) is 19.0. The first-order valence-corrected chi connectivity index (χ1v) is 9.99. The summed E-state index contributed by atoms with van der Waals surface area (Å²) < 4.78 is 12.8. The van der Waals surface area contributed by atoms with E-state index in [1.807, 2.05) is 18.2 Å². The minimum Gasteiger partial charge on any atom is -0.497 e. The quantitative estimate of drug-likeness (QED) is 0.789. The van der Waals surface area contributed by atoms with Crippen molar-refractivity contribution in [3.63, 3.8) is 0 Å². The summed E-state index contributed by atoms with van der Waals surface area (Å²) in [6.07, 6.45) is 2.22. The SMILES string of the molecule is CCSc1nc2n(n1)C(c1cc(OC)ccc1OC)C1=C(CCCC1=O)N2. The number of anilines is 1. The van der Waals surface area contributed by atoms with Crippen LogP contribution in [0.1, 0.15) is 37.8 Å². The van der Waals surface area contributed by atoms with Gasteiger partial charge in [0.2, 0.25) is 11.1 Å². The lowest BCUT2D eigenvalue weighted by atomic mass is 9.85. The van der Waals surface area contributed by atoms with Crippen molar-refractivity contribution in [2.24, 2.45) is 0 Å². The molecule has 1 aliphatic heterocycles. The summed E-state index contributed by atoms with van der Waals surface area (Å²) in [6.45, 7) is 2.06. The van der Waals surface area contributed by atoms with Gasteiger partial charge in [-0.15, -0.1) is 5.10 Å². The highest BCUT2D eigenvalue weighted by molar-refractivity contribution is 7.99. The van der Waals surface area contributed by atoms with Gasteiger partial charge in [0.05, 0.1) is 14.2 Å². The number of ether oxygens (including phenoxy) is 2. The van der Waals surface area contributed by atoms with Gasteiger partial charge in [-0.2, -0.15) is 4.98 Å². The van der Waals surface area contributed by atoms with Crippen LogP contribution in [0.2, 0.25) is 0 Å². The number of hydrogen-bond donors (Lipinski definition) is 1. The molecule has 4 rings (SSSR count). The van der Waals surface area contributed by atoms with Gasteiger partial charge in [-0.05, 0) is 36.8 Å². The number of ketones is 1. The molecule has 0 radical (unpaired) electrons. The van der Waals surface area contributed by atoms with Crippen LogP contribution in [0.25, 0.3) is 0 Å². The third-order valence-corrected chi connectivity index (χ3v) is 5.57. The van der Waals surface area contributed by atoms with E-state index in [1.54, 1.807) is 30.7 Å². The second-order valence-corrected chi connectivity index (χ2v) is 7.63. The van der Waals surface area contributed by atoms with Crippen LogP contribution in [-0.2, 0) is 4.79 Å². The lowest BCUT2D eigenvalue weighted by Crippen LogP contribution is -2.31. The molecule has 0 saturated carbocycles. The van der Waals surface area contributed by atoms with Gasteiger partial charge in [-0.25, -0.2) is 4.68 Å². The first kappa shape index (κ1) is 17.9. The highest BCUT2D eigenvalue weighted by Crippen LogP contribution is 2.44. The zero-order valence-corrected chi connectivity index (χ0v) is 16.4. The molecule has 0 fully saturated rings. The summed E-state index contributed by atoms with van der Waals surface area (Å²) in [7, 11) is 3.26. The Morgan fingerprint density at radius 3 is 2.89 bits per heavy atom. The number of allylic oxidation sites excluding steroid dienone is 2. The number of nitrogens with one attached hydrogen (secondary N) is 1. The Kier molecular flexibility index (Phi) is 4.82. The molecule has 2 aromatic rings. The van der Waals surface area contributed by atoms with Crippen LogP contribution >= 0.6 is 11.8 Å². The maximum Gasteiger partial charge on any atom is 0.227 e. The van der Waals surface area contributed by atoms with E-state index in [2.05, 4.69) is 22.3 Å². The molecule has 7 nitrogen and oxygen atoms in total. The summed E-state index contributed by atoms with van der Waals surface area (Å²) in [6, 6.07) is 5.25. The summed E-state index contributed by atoms with van der Waals surface area (Å²) in [5, 5.41) is 8.71. The Labute approximate surface area is 162 Å². The zero-order valence-electron chi connectivity index (χ0n) is 15.6. The van der Waals surface area contributed by atoms with Crippen molar-refractivity contribution in [2.75, 3.05) is 25.3 Å². The number of Topliss-reactive ketones (excluding diaryl/α,β-unsaturated/α-hetero) is 1. The van der Waals surface area contributed by atoms with E-state index >= 15 is 0 Å². The summed E-state index contributed by atoms with van der Waals surface area (Å²) in [4.78, 5) is 17.5. The van der Waals surface area contributed by atoms with Crippen molar-refractivity contribution < 1.29 is 14.3 Å². The topological polar surface area (TPSA) is 78.3 Å². The lowest BCUT2D eigenvalue weighted by Gasteiger charge is -2.32. The maximum absolute atomic E-state index is 12.9. The number of hydrogen-bond acceptors (Lipinski definition) is 7. The van der Waals surface area contributed by atoms with Crippen LogP contribution in [0.15, 0.2) is 34.6 Å². The molecule has 142 valence electrons. The van der Waals surface area contributed by atoms with E-state index in [0.29, 0.717) is 29.0 Å². The van der Waals surface area contributed by atoms with Crippen LogP contribution in [-0.4, -0.2) is 40.5 Å². The molecule has 1 N–H and O–H groups in total. The molecular formula is C19H22N4O3S. The van der Waals surface area contributed by atoms with Gasteiger partial charge in [-0.3, -0.25) is 4.79 Å². The molecule has 2 heterocycles. The summed E-state index contributed by atoms with van der Waals surface area (Å²) >= 11 is 1.58. The first-order chi connectivity index (χ1) is 13.2. The number of carbonyl (C=O) groups is 1. The minimum absolute atomic E-state index is 0.143. The van der Waals surface area contributed by atoms with E-state index in [1.165, 1.54) is 0 Å². The van der Waals surface area contributed by atoms with Crippen LogP contribution in [0.5, 0.6) is 11.5 Å². The normalized spacial score (nSPS) is 18.6. The second-order valence-electron chi connectivity index (χ2n) is 6.40. The predicted octanol–water partition coefficient (Wildman–Crippen LogP) is 3.43. The summed E-state index contributed by atoms with van der Waals surface area (Å²) in [5.74, 6) is 3.08. The van der Waals surface area contributed by atoms with Gasteiger partial charge in [-0.1, -0.05) is 18.7 Å². The van der Waals surface area contributed by atoms with Gasteiger partial charge in [0.1, 0.15) is 17.5 Å². The molecule has 0 saturated heterocycles. The average Bonchev–Trinajstić information content (AvgIpc) is 3.08. The van der Waals surface area contributed by atoms with E-state index in [-0.39, 0.29) is 11.8 Å². The molecule has 2 aliphatic rings. The van der Waals surface area contributed by atoms with Gasteiger partial charge in [0.15, 0.2) is 5.78 Å². The minimum atomic E-state index is -0.382. The van der Waals surface area contributed by atoms with Gasteiger partial charge in [0, 0.05) is 23.3 Å². The summed E-state index contributed by atoms with van der Waals surface area (Å²) in [5.41, 5.74) is 2.53. The Bertz CT molecular complexity index is 922. The van der Waals surface area contributed by atoms with Crippen LogP contribution in [0.4, 0.5) is 5.95 Å². The smallest absolute Gasteiger partial charge is 0.227 e. The molecule has 1 aromatic heterocycles. The maximum atomic E-state index is 12.9. The van der Waals surface area contributed by atoms with Crippen LogP contribution in [0, 0.1) is 0 Å². The molecule has 27 heavy (non-hydrogen) atoms. The van der Waals surface area contributed by atoms with Crippen LogP contribution in [0.3, 0.4) is 0 Å². The Morgan fingerprint density at radius 2 is 2.15 bits per heavy atom. The molecule has 0 amide bonds. The molecule has 1 atom stereocenters. The van der Waals surface area contributed by atoms with E-state index in [4.69, 9.17) is 9.47 Å². The van der Waals surface area contributed by atoms with E-state index in [0.717, 1.165) is 35.4 Å². The number of benzene rings is 1. The Balaban J connectivity index is 1.93. The van der Waals surface area contributed by atoms with E-state index in [9.17, 15) is 4.79 Å². The largest absolute Gasteiger partial charge is 0.497 e. The molecule has 1 aliphatic carbocycles. The lowest BCUT2D eigenvalue weighted by molar-refractivity contribution is -0.116. The standard InChI is InChI=1S/C19H22N4O3S/c1-4-27-19-21-18-20-13-6-5-7-14(24)16(13)17(23(18)22-19)12-10-11(25-2)8-9-15(12)26-3/h8-10,17H,4-7H2,1-3H3,(H,20,21,22). The number of aromatic nitrogens is 3. The fraction of sp³-hybridized carbons (Fsp3) is 0.421. The molecule has 1 aromatic carbocycles. The average molecular weight is 386 g/mol.